The highest BCUT2D eigenvalue weighted by Gasteiger charge is 2.26. The summed E-state index contributed by atoms with van der Waals surface area (Å²) in [5, 5.41) is 42.0. The molecule has 0 atom stereocenters. The molecule has 0 spiro atoms. The van der Waals surface area contributed by atoms with Gasteiger partial charge in [0.25, 0.3) is 16.8 Å². The number of aromatic nitrogens is 4. The Morgan fingerprint density at radius 2 is 1.46 bits per heavy atom. The van der Waals surface area contributed by atoms with Gasteiger partial charge in [0.15, 0.2) is 23.0 Å². The van der Waals surface area contributed by atoms with Crippen LogP contribution in [0.3, 0.4) is 0 Å². The van der Waals surface area contributed by atoms with Crippen molar-refractivity contribution in [3.05, 3.63) is 65.1 Å². The molecule has 16 nitrogen and oxygen atoms in total. The highest BCUT2D eigenvalue weighted by molar-refractivity contribution is 7.14. The fraction of sp³-hybridized carbons (Fsp3) is 0.143. The van der Waals surface area contributed by atoms with E-state index in [-0.39, 0.29) is 22.2 Å². The average Bonchev–Trinajstić information content (AvgIpc) is 3.55. The summed E-state index contributed by atoms with van der Waals surface area (Å²) < 4.78 is 6.47. The van der Waals surface area contributed by atoms with Crippen LogP contribution in [-0.4, -0.2) is 58.4 Å². The number of rotatable bonds is 5. The first-order valence-electron chi connectivity index (χ1n) is 10.3. The number of nitrogens with zero attached hydrogens (tertiary/aromatic N) is 5. The lowest BCUT2D eigenvalue weighted by Gasteiger charge is -2.09. The zero-order valence-corrected chi connectivity index (χ0v) is 21.8. The number of carbonyl (C=O) groups is 2. The first-order valence-corrected chi connectivity index (χ1v) is 12.0. The largest absolute Gasteiger partial charge is 0.501 e. The molecule has 0 bridgehead atoms. The van der Waals surface area contributed by atoms with Gasteiger partial charge in [-0.05, 0) is 16.8 Å². The number of methoxy groups -OCH3 is 1. The van der Waals surface area contributed by atoms with Crippen LogP contribution in [0.1, 0.15) is 21.0 Å². The lowest BCUT2D eigenvalue weighted by molar-refractivity contribution is -0.383. The highest BCUT2D eigenvalue weighted by Crippen LogP contribution is 2.34. The fourth-order valence-corrected chi connectivity index (χ4v) is 4.82. The molecule has 0 aromatic carbocycles. The molecule has 5 N–H and O–H groups in total. The summed E-state index contributed by atoms with van der Waals surface area (Å²) in [4.78, 5) is 64.4. The topological polar surface area (TPSA) is 243 Å². The monoisotopic (exact) mass is 578 g/mol. The average molecular weight is 579 g/mol. The minimum absolute atomic E-state index is 0.0390. The lowest BCUT2D eigenvalue weighted by atomic mass is 10.3. The molecule has 39 heavy (non-hydrogen) atoms. The van der Waals surface area contributed by atoms with E-state index in [1.54, 1.807) is 11.4 Å². The summed E-state index contributed by atoms with van der Waals surface area (Å²) in [6.07, 6.45) is 0. The van der Waals surface area contributed by atoms with E-state index in [0.717, 1.165) is 27.6 Å². The van der Waals surface area contributed by atoms with Crippen molar-refractivity contribution in [2.24, 2.45) is 14.1 Å². The molecule has 4 aromatic rings. The molecule has 4 heterocycles. The van der Waals surface area contributed by atoms with Gasteiger partial charge in [0.2, 0.25) is 11.5 Å². The van der Waals surface area contributed by atoms with Crippen molar-refractivity contribution in [1.82, 2.24) is 19.1 Å². The van der Waals surface area contributed by atoms with Gasteiger partial charge >= 0.3 is 11.9 Å². The smallest absolute Gasteiger partial charge is 0.360 e. The molecule has 0 aliphatic carbocycles. The van der Waals surface area contributed by atoms with Gasteiger partial charge in [-0.3, -0.25) is 28.8 Å². The van der Waals surface area contributed by atoms with E-state index < -0.39 is 50.9 Å². The van der Waals surface area contributed by atoms with Crippen molar-refractivity contribution in [3.8, 4) is 32.9 Å². The Balaban J connectivity index is 0.000000216. The molecule has 0 aliphatic rings. The van der Waals surface area contributed by atoms with Crippen molar-refractivity contribution in [2.75, 3.05) is 12.8 Å². The van der Waals surface area contributed by atoms with E-state index in [2.05, 4.69) is 14.7 Å². The van der Waals surface area contributed by atoms with Crippen molar-refractivity contribution in [3.63, 3.8) is 0 Å². The van der Waals surface area contributed by atoms with Gasteiger partial charge in [-0.2, -0.15) is 0 Å². The number of aromatic carboxylic acids is 1. The minimum atomic E-state index is -1.60. The maximum absolute atomic E-state index is 11.9. The summed E-state index contributed by atoms with van der Waals surface area (Å²) in [5.41, 5.74) is 2.92. The van der Waals surface area contributed by atoms with Crippen molar-refractivity contribution in [1.29, 1.82) is 0 Å². The Kier molecular flexibility index (Phi) is 8.11. The number of nitro groups is 1. The number of esters is 1. The third-order valence-electron chi connectivity index (χ3n) is 5.06. The number of carbonyl (C=O) groups excluding carboxylic acids is 1. The summed E-state index contributed by atoms with van der Waals surface area (Å²) in [5.74, 6) is -4.22. The zero-order chi connectivity index (χ0) is 29.2. The predicted molar refractivity (Wildman–Crippen MR) is 138 cm³/mol. The number of carboxylic acids is 1. The zero-order valence-electron chi connectivity index (χ0n) is 20.1. The third kappa shape index (κ3) is 5.31. The molecule has 0 amide bonds. The molecule has 0 fully saturated rings. The molecule has 0 aliphatic heterocycles. The van der Waals surface area contributed by atoms with E-state index in [0.29, 0.717) is 10.6 Å². The molecular formula is C21H18N6O10S2. The second kappa shape index (κ2) is 11.1. The van der Waals surface area contributed by atoms with E-state index >= 15 is 0 Å². The van der Waals surface area contributed by atoms with E-state index in [1.807, 2.05) is 0 Å². The summed E-state index contributed by atoms with van der Waals surface area (Å²) in [6.45, 7) is 0. The van der Waals surface area contributed by atoms with Gasteiger partial charge in [0.05, 0.1) is 22.6 Å². The summed E-state index contributed by atoms with van der Waals surface area (Å²) in [6, 6.07) is 2.89. The van der Waals surface area contributed by atoms with Crippen LogP contribution in [0.5, 0.6) is 11.5 Å². The Morgan fingerprint density at radius 1 is 0.974 bits per heavy atom. The predicted octanol–water partition coefficient (Wildman–Crippen LogP) is 1.40. The van der Waals surface area contributed by atoms with Gasteiger partial charge in [-0.25, -0.2) is 19.6 Å². The van der Waals surface area contributed by atoms with Crippen LogP contribution in [0.15, 0.2) is 32.5 Å². The first kappa shape index (κ1) is 28.5. The number of carboxylic acid groups (broad SMARTS) is 1. The summed E-state index contributed by atoms with van der Waals surface area (Å²) >= 11 is 2.22. The van der Waals surface area contributed by atoms with Crippen LogP contribution in [0.2, 0.25) is 0 Å². The van der Waals surface area contributed by atoms with Crippen LogP contribution in [0.25, 0.3) is 21.4 Å². The van der Waals surface area contributed by atoms with Gasteiger partial charge < -0.3 is 25.8 Å². The van der Waals surface area contributed by atoms with Gasteiger partial charge in [-0.15, -0.1) is 22.7 Å². The van der Waals surface area contributed by atoms with Crippen molar-refractivity contribution in [2.45, 2.75) is 0 Å². The molecule has 204 valence electrons. The Morgan fingerprint density at radius 3 is 1.95 bits per heavy atom. The number of anilines is 1. The second-order valence-corrected chi connectivity index (χ2v) is 9.22. The third-order valence-corrected chi connectivity index (χ3v) is 6.88. The minimum Gasteiger partial charge on any atom is -0.501 e. The maximum Gasteiger partial charge on any atom is 0.360 e. The van der Waals surface area contributed by atoms with Crippen LogP contribution in [0, 0.1) is 10.1 Å². The molecule has 4 aromatic heterocycles. The van der Waals surface area contributed by atoms with Crippen molar-refractivity contribution >= 4 is 46.0 Å². The Labute approximate surface area is 224 Å². The lowest BCUT2D eigenvalue weighted by Crippen LogP contribution is -2.23. The Hall–Kier alpha value is -5.10. The quantitative estimate of drug-likeness (QED) is 0.149. The van der Waals surface area contributed by atoms with Gasteiger partial charge in [-0.1, -0.05) is 0 Å². The number of nitrogens with two attached hydrogens (primary N) is 1. The number of aromatic hydroxyl groups is 2. The number of thiophene rings is 2. The van der Waals surface area contributed by atoms with Crippen LogP contribution < -0.4 is 16.9 Å². The molecule has 4 rings (SSSR count). The van der Waals surface area contributed by atoms with Crippen LogP contribution >= 0.6 is 22.7 Å². The molecule has 0 unspecified atom stereocenters. The fourth-order valence-electron chi connectivity index (χ4n) is 3.09. The van der Waals surface area contributed by atoms with Crippen LogP contribution in [-0.2, 0) is 18.8 Å². The van der Waals surface area contributed by atoms with E-state index in [4.69, 9.17) is 10.8 Å². The maximum atomic E-state index is 11.9. The number of hydrogen-bond acceptors (Lipinski definition) is 14. The number of ether oxygens (including phenoxy) is 1. The molecule has 0 saturated heterocycles. The van der Waals surface area contributed by atoms with Crippen LogP contribution in [0.4, 0.5) is 11.4 Å². The Bertz CT molecular complexity index is 1740. The SMILES string of the molecule is COC(=O)c1nc(-c2sccc2N)n(C)c(=O)c1O.Cn1c(-c2sccc2[N+](=O)[O-])nc(C(=O)O)c(O)c1=O. The normalized spacial score (nSPS) is 10.4. The standard InChI is InChI=1S/C11H11N3O4S.C10H7N3O6S/c1-14-9(8-5(12)3-4-19-8)13-6(11(17)18-2)7(15)10(14)16;1-12-8(7-4(13(18)19)2-3-20-7)11-5(10(16)17)6(14)9(12)15/h3-4,15H,12H2,1-2H3;2-3,14H,1H3,(H,16,17). The van der Waals surface area contributed by atoms with Gasteiger partial charge in [0, 0.05) is 20.2 Å². The molecular weight excluding hydrogens is 560 g/mol. The molecule has 0 radical (unpaired) electrons. The first-order chi connectivity index (χ1) is 18.3. The number of nitrogen functional groups attached to an aromatic ring is 1. The van der Waals surface area contributed by atoms with E-state index in [1.165, 1.54) is 36.9 Å². The van der Waals surface area contributed by atoms with Gasteiger partial charge in [0.1, 0.15) is 4.88 Å². The molecule has 18 heteroatoms. The highest BCUT2D eigenvalue weighted by atomic mass is 32.1. The van der Waals surface area contributed by atoms with E-state index in [9.17, 15) is 39.5 Å². The summed E-state index contributed by atoms with van der Waals surface area (Å²) in [7, 11) is 3.81. The number of hydrogen-bond donors (Lipinski definition) is 4. The van der Waals surface area contributed by atoms with Crippen molar-refractivity contribution < 1.29 is 34.6 Å². The second-order valence-electron chi connectivity index (χ2n) is 7.39. The molecule has 0 saturated carbocycles.